The van der Waals surface area contributed by atoms with Gasteiger partial charge in [-0.05, 0) is 66.8 Å². The first kappa shape index (κ1) is 20.5. The van der Waals surface area contributed by atoms with E-state index in [1.165, 1.54) is 12.8 Å². The normalized spacial score (nSPS) is 15.1. The zero-order chi connectivity index (χ0) is 18.4. The molecule has 0 unspecified atom stereocenters. The summed E-state index contributed by atoms with van der Waals surface area (Å²) in [5.41, 5.74) is -1.06. The molecule has 0 heterocycles. The molecule has 0 aromatic carbocycles. The SMILES string of the molecule is CC(C)(C)OC(=O)NCC(CNC(=O)OC(C)(C)C)NCC1CC1. The minimum absolute atomic E-state index is 0.0781. The summed E-state index contributed by atoms with van der Waals surface area (Å²) in [6, 6.07) is -0.0781. The van der Waals surface area contributed by atoms with Gasteiger partial charge < -0.3 is 25.4 Å². The number of amides is 2. The Morgan fingerprint density at radius 3 is 1.67 bits per heavy atom. The van der Waals surface area contributed by atoms with Crippen LogP contribution in [-0.2, 0) is 9.47 Å². The van der Waals surface area contributed by atoms with E-state index in [1.807, 2.05) is 41.5 Å². The average Bonchev–Trinajstić information content (AvgIpc) is 3.17. The topological polar surface area (TPSA) is 88.7 Å². The van der Waals surface area contributed by atoms with Crippen molar-refractivity contribution in [1.29, 1.82) is 0 Å². The van der Waals surface area contributed by atoms with Crippen LogP contribution >= 0.6 is 0 Å². The van der Waals surface area contributed by atoms with Crippen molar-refractivity contribution in [2.75, 3.05) is 19.6 Å². The highest BCUT2D eigenvalue weighted by Crippen LogP contribution is 2.27. The Hall–Kier alpha value is -1.50. The molecular formula is C17H33N3O4. The standard InChI is InChI=1S/C17H33N3O4/c1-16(2,3)23-14(21)19-10-13(18-9-12-7-8-12)11-20-15(22)24-17(4,5)6/h12-13,18H,7-11H2,1-6H3,(H,19,21)(H,20,22). The van der Waals surface area contributed by atoms with Crippen LogP contribution in [0, 0.1) is 5.92 Å². The first-order valence-corrected chi connectivity index (χ1v) is 8.62. The van der Waals surface area contributed by atoms with Gasteiger partial charge in [0.15, 0.2) is 0 Å². The van der Waals surface area contributed by atoms with Crippen LogP contribution in [0.15, 0.2) is 0 Å². The molecule has 0 aromatic heterocycles. The molecule has 24 heavy (non-hydrogen) atoms. The lowest BCUT2D eigenvalue weighted by Crippen LogP contribution is -2.49. The lowest BCUT2D eigenvalue weighted by atomic mass is 10.2. The van der Waals surface area contributed by atoms with Gasteiger partial charge >= 0.3 is 12.2 Å². The summed E-state index contributed by atoms with van der Waals surface area (Å²) in [5, 5.41) is 8.86. The van der Waals surface area contributed by atoms with Gasteiger partial charge in [0.05, 0.1) is 0 Å². The Morgan fingerprint density at radius 2 is 1.33 bits per heavy atom. The Balaban J connectivity index is 2.38. The molecule has 0 aliphatic heterocycles. The fourth-order valence-electron chi connectivity index (χ4n) is 1.91. The van der Waals surface area contributed by atoms with E-state index in [9.17, 15) is 9.59 Å². The van der Waals surface area contributed by atoms with Crippen LogP contribution in [0.3, 0.4) is 0 Å². The summed E-state index contributed by atoms with van der Waals surface area (Å²) >= 11 is 0. The van der Waals surface area contributed by atoms with Gasteiger partial charge in [-0.2, -0.15) is 0 Å². The molecule has 3 N–H and O–H groups in total. The average molecular weight is 343 g/mol. The molecule has 1 aliphatic rings. The third-order valence-electron chi connectivity index (χ3n) is 3.18. The smallest absolute Gasteiger partial charge is 0.407 e. The molecule has 1 saturated carbocycles. The van der Waals surface area contributed by atoms with Gasteiger partial charge in [0.25, 0.3) is 0 Å². The molecule has 0 radical (unpaired) electrons. The summed E-state index contributed by atoms with van der Waals surface area (Å²) in [4.78, 5) is 23.5. The van der Waals surface area contributed by atoms with Gasteiger partial charge in [-0.15, -0.1) is 0 Å². The van der Waals surface area contributed by atoms with Gasteiger partial charge in [-0.25, -0.2) is 9.59 Å². The van der Waals surface area contributed by atoms with Crippen molar-refractivity contribution in [3.63, 3.8) is 0 Å². The quantitative estimate of drug-likeness (QED) is 0.660. The molecule has 0 spiro atoms. The molecule has 2 amide bonds. The van der Waals surface area contributed by atoms with E-state index in [0.29, 0.717) is 19.0 Å². The van der Waals surface area contributed by atoms with Crippen LogP contribution in [0.2, 0.25) is 0 Å². The maximum atomic E-state index is 11.8. The van der Waals surface area contributed by atoms with Gasteiger partial charge in [-0.1, -0.05) is 0 Å². The number of hydrogen-bond donors (Lipinski definition) is 3. The summed E-state index contributed by atoms with van der Waals surface area (Å²) in [6.07, 6.45) is 1.55. The second-order valence-corrected chi connectivity index (χ2v) is 8.31. The Bertz CT molecular complexity index is 391. The maximum absolute atomic E-state index is 11.8. The molecule has 7 nitrogen and oxygen atoms in total. The Morgan fingerprint density at radius 1 is 0.917 bits per heavy atom. The number of rotatable bonds is 7. The number of hydrogen-bond acceptors (Lipinski definition) is 5. The highest BCUT2D eigenvalue weighted by atomic mass is 16.6. The first-order valence-electron chi connectivity index (χ1n) is 8.62. The lowest BCUT2D eigenvalue weighted by Gasteiger charge is -2.24. The molecule has 140 valence electrons. The highest BCUT2D eigenvalue weighted by Gasteiger charge is 2.24. The molecule has 1 aliphatic carbocycles. The van der Waals surface area contributed by atoms with E-state index in [2.05, 4.69) is 16.0 Å². The van der Waals surface area contributed by atoms with Crippen LogP contribution in [0.5, 0.6) is 0 Å². The molecule has 1 fully saturated rings. The summed E-state index contributed by atoms with van der Waals surface area (Å²) in [6.45, 7) is 12.5. The van der Waals surface area contributed by atoms with Gasteiger partial charge in [0.1, 0.15) is 11.2 Å². The van der Waals surface area contributed by atoms with Crippen molar-refractivity contribution in [1.82, 2.24) is 16.0 Å². The van der Waals surface area contributed by atoms with E-state index >= 15 is 0 Å². The van der Waals surface area contributed by atoms with Crippen molar-refractivity contribution >= 4 is 12.2 Å². The minimum Gasteiger partial charge on any atom is -0.444 e. The Kier molecular flexibility index (Phi) is 7.32. The van der Waals surface area contributed by atoms with E-state index in [1.54, 1.807) is 0 Å². The number of carbonyl (C=O) groups is 2. The molecule has 7 heteroatoms. The van der Waals surface area contributed by atoms with E-state index in [0.717, 1.165) is 6.54 Å². The third kappa shape index (κ3) is 11.1. The minimum atomic E-state index is -0.532. The van der Waals surface area contributed by atoms with Crippen molar-refractivity contribution in [2.45, 2.75) is 71.6 Å². The van der Waals surface area contributed by atoms with Gasteiger partial charge in [0.2, 0.25) is 0 Å². The van der Waals surface area contributed by atoms with Gasteiger partial charge in [-0.3, -0.25) is 0 Å². The van der Waals surface area contributed by atoms with Crippen LogP contribution < -0.4 is 16.0 Å². The summed E-state index contributed by atoms with van der Waals surface area (Å²) in [5.74, 6) is 0.704. The second kappa shape index (κ2) is 8.55. The molecule has 0 saturated heterocycles. The van der Waals surface area contributed by atoms with Crippen molar-refractivity contribution in [3.8, 4) is 0 Å². The zero-order valence-corrected chi connectivity index (χ0v) is 15.8. The third-order valence-corrected chi connectivity index (χ3v) is 3.18. The van der Waals surface area contributed by atoms with Crippen LogP contribution in [0.4, 0.5) is 9.59 Å². The predicted octanol–water partition coefficient (Wildman–Crippen LogP) is 2.40. The molecular weight excluding hydrogens is 310 g/mol. The van der Waals surface area contributed by atoms with Gasteiger partial charge in [0, 0.05) is 19.1 Å². The Labute approximate surface area is 145 Å². The van der Waals surface area contributed by atoms with Crippen molar-refractivity contribution in [3.05, 3.63) is 0 Å². The van der Waals surface area contributed by atoms with Crippen LogP contribution in [0.1, 0.15) is 54.4 Å². The molecule has 0 bridgehead atoms. The highest BCUT2D eigenvalue weighted by molar-refractivity contribution is 5.68. The first-order chi connectivity index (χ1) is 10.9. The maximum Gasteiger partial charge on any atom is 0.407 e. The number of alkyl carbamates (subject to hydrolysis) is 2. The van der Waals surface area contributed by atoms with Crippen LogP contribution in [-0.4, -0.2) is 49.1 Å². The van der Waals surface area contributed by atoms with Crippen molar-refractivity contribution in [2.24, 2.45) is 5.92 Å². The number of carbonyl (C=O) groups excluding carboxylic acids is 2. The number of ether oxygens (including phenoxy) is 2. The predicted molar refractivity (Wildman–Crippen MR) is 93.0 cm³/mol. The lowest BCUT2D eigenvalue weighted by molar-refractivity contribution is 0.0515. The van der Waals surface area contributed by atoms with Crippen molar-refractivity contribution < 1.29 is 19.1 Å². The molecule has 0 atom stereocenters. The van der Waals surface area contributed by atoms with E-state index in [4.69, 9.17) is 9.47 Å². The molecule has 0 aromatic rings. The summed E-state index contributed by atoms with van der Waals surface area (Å²) in [7, 11) is 0. The number of nitrogens with one attached hydrogen (secondary N) is 3. The van der Waals surface area contributed by atoms with Crippen LogP contribution in [0.25, 0.3) is 0 Å². The molecule has 1 rings (SSSR count). The second-order valence-electron chi connectivity index (χ2n) is 8.31. The zero-order valence-electron chi connectivity index (χ0n) is 15.8. The fraction of sp³-hybridized carbons (Fsp3) is 0.882. The van der Waals surface area contributed by atoms with E-state index < -0.39 is 23.4 Å². The largest absolute Gasteiger partial charge is 0.444 e. The van der Waals surface area contributed by atoms with E-state index in [-0.39, 0.29) is 6.04 Å². The summed E-state index contributed by atoms with van der Waals surface area (Å²) < 4.78 is 10.5. The fourth-order valence-corrected chi connectivity index (χ4v) is 1.91. The monoisotopic (exact) mass is 343 g/mol.